The second-order valence-electron chi connectivity index (χ2n) is 4.22. The van der Waals surface area contributed by atoms with E-state index in [4.69, 9.17) is 5.73 Å². The highest BCUT2D eigenvalue weighted by Crippen LogP contribution is 2.26. The molecule has 2 aromatic rings. The summed E-state index contributed by atoms with van der Waals surface area (Å²) in [6.45, 7) is 0. The zero-order chi connectivity index (χ0) is 14.0. The summed E-state index contributed by atoms with van der Waals surface area (Å²) in [6.07, 6.45) is 0.541. The summed E-state index contributed by atoms with van der Waals surface area (Å²) in [5, 5.41) is 0. The lowest BCUT2D eigenvalue weighted by Gasteiger charge is -2.14. The van der Waals surface area contributed by atoms with E-state index in [9.17, 15) is 8.78 Å². The van der Waals surface area contributed by atoms with Crippen LogP contribution in [0.2, 0.25) is 0 Å². The first kappa shape index (κ1) is 14.6. The third kappa shape index (κ3) is 3.61. The SMILES string of the molecule is NC(Cc1ccc(F)cc1Br)c1ccc(F)c(Br)c1. The Balaban J connectivity index is 2.20. The maximum atomic E-state index is 13.2. The Morgan fingerprint density at radius 1 is 1.00 bits per heavy atom. The average Bonchev–Trinajstić information content (AvgIpc) is 2.36. The lowest BCUT2D eigenvalue weighted by Crippen LogP contribution is -2.13. The van der Waals surface area contributed by atoms with Gasteiger partial charge in [0.1, 0.15) is 11.6 Å². The minimum absolute atomic E-state index is 0.279. The molecule has 0 amide bonds. The van der Waals surface area contributed by atoms with Gasteiger partial charge in [-0.2, -0.15) is 0 Å². The van der Waals surface area contributed by atoms with E-state index < -0.39 is 0 Å². The molecule has 0 radical (unpaired) electrons. The fourth-order valence-electron chi connectivity index (χ4n) is 1.79. The molecular weight excluding hydrogens is 380 g/mol. The molecule has 0 saturated carbocycles. The molecule has 0 saturated heterocycles. The van der Waals surface area contributed by atoms with E-state index in [1.807, 2.05) is 0 Å². The molecule has 0 fully saturated rings. The van der Waals surface area contributed by atoms with E-state index >= 15 is 0 Å². The smallest absolute Gasteiger partial charge is 0.137 e. The van der Waals surface area contributed by atoms with Gasteiger partial charge in [0.25, 0.3) is 0 Å². The minimum atomic E-state index is -0.320. The molecule has 2 N–H and O–H groups in total. The predicted molar refractivity (Wildman–Crippen MR) is 78.8 cm³/mol. The van der Waals surface area contributed by atoms with Gasteiger partial charge < -0.3 is 5.73 Å². The molecule has 2 aromatic carbocycles. The molecule has 1 unspecified atom stereocenters. The Morgan fingerprint density at radius 2 is 1.74 bits per heavy atom. The lowest BCUT2D eigenvalue weighted by atomic mass is 10.00. The van der Waals surface area contributed by atoms with Crippen LogP contribution < -0.4 is 5.73 Å². The van der Waals surface area contributed by atoms with Crippen LogP contribution in [0, 0.1) is 11.6 Å². The second-order valence-corrected chi connectivity index (χ2v) is 5.93. The normalized spacial score (nSPS) is 12.5. The van der Waals surface area contributed by atoms with Crippen LogP contribution in [0.15, 0.2) is 45.3 Å². The van der Waals surface area contributed by atoms with Crippen molar-refractivity contribution in [2.75, 3.05) is 0 Å². The predicted octanol–water partition coefficient (Wildman–Crippen LogP) is 4.73. The molecule has 1 nitrogen and oxygen atoms in total. The molecule has 0 aliphatic rings. The third-order valence-corrected chi connectivity index (χ3v) is 4.17. The zero-order valence-corrected chi connectivity index (χ0v) is 13.0. The van der Waals surface area contributed by atoms with Crippen LogP contribution in [0.4, 0.5) is 8.78 Å². The Labute approximate surface area is 127 Å². The number of benzene rings is 2. The van der Waals surface area contributed by atoms with Crippen molar-refractivity contribution in [3.05, 3.63) is 68.1 Å². The van der Waals surface area contributed by atoms with E-state index in [1.54, 1.807) is 18.2 Å². The van der Waals surface area contributed by atoms with E-state index in [0.717, 1.165) is 11.1 Å². The van der Waals surface area contributed by atoms with Crippen LogP contribution in [0.5, 0.6) is 0 Å². The van der Waals surface area contributed by atoms with Crippen molar-refractivity contribution in [1.29, 1.82) is 0 Å². The van der Waals surface area contributed by atoms with Gasteiger partial charge in [0.05, 0.1) is 4.47 Å². The van der Waals surface area contributed by atoms with Crippen LogP contribution >= 0.6 is 31.9 Å². The summed E-state index contributed by atoms with van der Waals surface area (Å²) in [5.41, 5.74) is 7.83. The van der Waals surface area contributed by atoms with Crippen molar-refractivity contribution in [1.82, 2.24) is 0 Å². The molecule has 0 bridgehead atoms. The van der Waals surface area contributed by atoms with Gasteiger partial charge in [-0.3, -0.25) is 0 Å². The molecule has 0 aliphatic heterocycles. The van der Waals surface area contributed by atoms with Gasteiger partial charge in [0.15, 0.2) is 0 Å². The zero-order valence-electron chi connectivity index (χ0n) is 9.84. The van der Waals surface area contributed by atoms with Crippen molar-refractivity contribution >= 4 is 31.9 Å². The monoisotopic (exact) mass is 389 g/mol. The van der Waals surface area contributed by atoms with Crippen molar-refractivity contribution in [2.45, 2.75) is 12.5 Å². The second kappa shape index (κ2) is 6.11. The van der Waals surface area contributed by atoms with Gasteiger partial charge in [0, 0.05) is 10.5 Å². The largest absolute Gasteiger partial charge is 0.324 e. The Morgan fingerprint density at radius 3 is 2.37 bits per heavy atom. The molecule has 19 heavy (non-hydrogen) atoms. The van der Waals surface area contributed by atoms with E-state index in [1.165, 1.54) is 18.2 Å². The van der Waals surface area contributed by atoms with Crippen LogP contribution in [0.3, 0.4) is 0 Å². The molecule has 2 rings (SSSR count). The van der Waals surface area contributed by atoms with E-state index in [-0.39, 0.29) is 17.7 Å². The number of hydrogen-bond donors (Lipinski definition) is 1. The fraction of sp³-hybridized carbons (Fsp3) is 0.143. The standard InChI is InChI=1S/C14H11Br2F2N/c15-11-7-10(17)3-1-8(11)6-14(19)9-2-4-13(18)12(16)5-9/h1-5,7,14H,6,19H2. The minimum Gasteiger partial charge on any atom is -0.324 e. The number of nitrogens with two attached hydrogens (primary N) is 1. The summed E-state index contributed by atoms with van der Waals surface area (Å²) in [7, 11) is 0. The Hall–Kier alpha value is -0.780. The van der Waals surface area contributed by atoms with E-state index in [0.29, 0.717) is 15.4 Å². The first-order valence-electron chi connectivity index (χ1n) is 5.62. The molecule has 0 spiro atoms. The maximum Gasteiger partial charge on any atom is 0.137 e. The molecule has 100 valence electrons. The summed E-state index contributed by atoms with van der Waals surface area (Å²) in [6, 6.07) is 8.91. The summed E-state index contributed by atoms with van der Waals surface area (Å²) in [5.74, 6) is -0.618. The maximum absolute atomic E-state index is 13.2. The van der Waals surface area contributed by atoms with Crippen LogP contribution in [0.1, 0.15) is 17.2 Å². The Bertz CT molecular complexity index is 602. The molecule has 1 atom stereocenters. The molecule has 0 heterocycles. The third-order valence-electron chi connectivity index (χ3n) is 2.83. The highest BCUT2D eigenvalue weighted by Gasteiger charge is 2.11. The van der Waals surface area contributed by atoms with Crippen LogP contribution in [-0.2, 0) is 6.42 Å². The topological polar surface area (TPSA) is 26.0 Å². The summed E-state index contributed by atoms with van der Waals surface area (Å²) < 4.78 is 27.2. The molecule has 0 aliphatic carbocycles. The van der Waals surface area contributed by atoms with Crippen molar-refractivity contribution in [3.8, 4) is 0 Å². The van der Waals surface area contributed by atoms with Crippen LogP contribution in [-0.4, -0.2) is 0 Å². The van der Waals surface area contributed by atoms with Gasteiger partial charge in [0.2, 0.25) is 0 Å². The number of hydrogen-bond acceptors (Lipinski definition) is 1. The van der Waals surface area contributed by atoms with Gasteiger partial charge in [-0.05, 0) is 57.7 Å². The van der Waals surface area contributed by atoms with Crippen LogP contribution in [0.25, 0.3) is 0 Å². The van der Waals surface area contributed by atoms with Crippen molar-refractivity contribution in [2.24, 2.45) is 5.73 Å². The number of rotatable bonds is 3. The highest BCUT2D eigenvalue weighted by molar-refractivity contribution is 9.10. The van der Waals surface area contributed by atoms with Gasteiger partial charge in [-0.1, -0.05) is 28.1 Å². The Kier molecular flexibility index (Phi) is 4.71. The number of halogens is 4. The lowest BCUT2D eigenvalue weighted by molar-refractivity contribution is 0.616. The van der Waals surface area contributed by atoms with Gasteiger partial charge >= 0.3 is 0 Å². The fourth-order valence-corrected chi connectivity index (χ4v) is 2.69. The van der Waals surface area contributed by atoms with Crippen molar-refractivity contribution in [3.63, 3.8) is 0 Å². The van der Waals surface area contributed by atoms with E-state index in [2.05, 4.69) is 31.9 Å². The average molecular weight is 391 g/mol. The quantitative estimate of drug-likeness (QED) is 0.805. The summed E-state index contributed by atoms with van der Waals surface area (Å²) in [4.78, 5) is 0. The first-order chi connectivity index (χ1) is 8.97. The van der Waals surface area contributed by atoms with Gasteiger partial charge in [-0.15, -0.1) is 0 Å². The molecular formula is C14H11Br2F2N. The highest BCUT2D eigenvalue weighted by atomic mass is 79.9. The molecule has 5 heteroatoms. The first-order valence-corrected chi connectivity index (χ1v) is 7.20. The van der Waals surface area contributed by atoms with Gasteiger partial charge in [-0.25, -0.2) is 8.78 Å². The van der Waals surface area contributed by atoms with Crippen molar-refractivity contribution < 1.29 is 8.78 Å². The molecule has 0 aromatic heterocycles. The summed E-state index contributed by atoms with van der Waals surface area (Å²) >= 11 is 6.44.